The van der Waals surface area contributed by atoms with E-state index < -0.39 is 10.8 Å². The first-order valence-electron chi connectivity index (χ1n) is 9.58. The quantitative estimate of drug-likeness (QED) is 0.353. The predicted molar refractivity (Wildman–Crippen MR) is 119 cm³/mol. The zero-order valence-corrected chi connectivity index (χ0v) is 17.8. The zero-order valence-electron chi connectivity index (χ0n) is 17.1. The van der Waals surface area contributed by atoms with Crippen LogP contribution in [0.1, 0.15) is 28.4 Å². The monoisotopic (exact) mass is 440 g/mol. The van der Waals surface area contributed by atoms with E-state index in [1.807, 2.05) is 30.3 Å². The van der Waals surface area contributed by atoms with E-state index in [1.54, 1.807) is 19.9 Å². The highest BCUT2D eigenvalue weighted by atomic mass is 35.5. The molecule has 0 bridgehead atoms. The van der Waals surface area contributed by atoms with Crippen molar-refractivity contribution in [2.45, 2.75) is 20.5 Å². The first-order chi connectivity index (χ1) is 14.9. The molecule has 0 aliphatic heterocycles. The first kappa shape index (κ1) is 22.1. The van der Waals surface area contributed by atoms with Crippen LogP contribution in [0.5, 0.6) is 11.5 Å². The molecular formula is C23H21ClN2O5. The van der Waals surface area contributed by atoms with Gasteiger partial charge in [0.05, 0.1) is 16.6 Å². The van der Waals surface area contributed by atoms with Gasteiger partial charge in [-0.15, -0.1) is 0 Å². The number of amides is 1. The second-order valence-electron chi connectivity index (χ2n) is 6.72. The predicted octanol–water partition coefficient (Wildman–Crippen LogP) is 5.79. The van der Waals surface area contributed by atoms with E-state index in [1.165, 1.54) is 24.3 Å². The van der Waals surface area contributed by atoms with Crippen molar-refractivity contribution in [3.63, 3.8) is 0 Å². The Morgan fingerprint density at radius 3 is 2.52 bits per heavy atom. The number of carbonyl (C=O) groups is 1. The van der Waals surface area contributed by atoms with Gasteiger partial charge in [-0.05, 0) is 43.2 Å². The molecule has 3 aromatic rings. The van der Waals surface area contributed by atoms with Crippen LogP contribution in [0, 0.1) is 17.0 Å². The highest BCUT2D eigenvalue weighted by Crippen LogP contribution is 2.37. The summed E-state index contributed by atoms with van der Waals surface area (Å²) in [6.07, 6.45) is 0. The molecule has 0 spiro atoms. The van der Waals surface area contributed by atoms with E-state index in [0.29, 0.717) is 23.7 Å². The molecule has 0 fully saturated rings. The summed E-state index contributed by atoms with van der Waals surface area (Å²) in [5, 5.41) is 14.1. The molecule has 8 heteroatoms. The number of hydrogen-bond donors (Lipinski definition) is 1. The standard InChI is InChI=1S/C23H21ClN2O5/c1-3-30-21-13-17(12-18(24)22(21)31-14-16-7-5-4-6-8-16)23(27)25-19-10-9-15(2)11-20(19)26(28)29/h4-13H,3,14H2,1-2H3,(H,25,27). The minimum absolute atomic E-state index is 0.0964. The Morgan fingerprint density at radius 1 is 1.10 bits per heavy atom. The van der Waals surface area contributed by atoms with Gasteiger partial charge in [0.2, 0.25) is 0 Å². The third kappa shape index (κ3) is 5.52. The lowest BCUT2D eigenvalue weighted by molar-refractivity contribution is -0.384. The Labute approximate surface area is 184 Å². The molecule has 0 unspecified atom stereocenters. The summed E-state index contributed by atoms with van der Waals surface area (Å²) >= 11 is 6.39. The maximum absolute atomic E-state index is 12.8. The topological polar surface area (TPSA) is 90.7 Å². The lowest BCUT2D eigenvalue weighted by Gasteiger charge is -2.15. The van der Waals surface area contributed by atoms with Gasteiger partial charge in [-0.2, -0.15) is 0 Å². The van der Waals surface area contributed by atoms with Crippen LogP contribution in [0.2, 0.25) is 5.02 Å². The van der Waals surface area contributed by atoms with Gasteiger partial charge in [-0.25, -0.2) is 0 Å². The Kier molecular flexibility index (Phi) is 7.10. The summed E-state index contributed by atoms with van der Waals surface area (Å²) < 4.78 is 11.5. The summed E-state index contributed by atoms with van der Waals surface area (Å²) in [6, 6.07) is 17.1. The number of nitrogens with one attached hydrogen (secondary N) is 1. The van der Waals surface area contributed by atoms with E-state index in [4.69, 9.17) is 21.1 Å². The molecule has 0 aromatic heterocycles. The van der Waals surface area contributed by atoms with Crippen molar-refractivity contribution < 1.29 is 19.2 Å². The average Bonchev–Trinajstić information content (AvgIpc) is 2.75. The van der Waals surface area contributed by atoms with Crippen LogP contribution >= 0.6 is 11.6 Å². The van der Waals surface area contributed by atoms with Crippen molar-refractivity contribution in [2.75, 3.05) is 11.9 Å². The molecule has 1 amide bonds. The number of carbonyl (C=O) groups excluding carboxylic acids is 1. The van der Waals surface area contributed by atoms with E-state index in [0.717, 1.165) is 5.56 Å². The van der Waals surface area contributed by atoms with Crippen molar-refractivity contribution in [3.05, 3.63) is 92.5 Å². The Bertz CT molecular complexity index is 1100. The number of aryl methyl sites for hydroxylation is 1. The molecule has 1 N–H and O–H groups in total. The molecular weight excluding hydrogens is 420 g/mol. The number of benzene rings is 3. The lowest BCUT2D eigenvalue weighted by Crippen LogP contribution is -2.14. The molecule has 0 atom stereocenters. The number of anilines is 1. The van der Waals surface area contributed by atoms with Crippen molar-refractivity contribution in [1.29, 1.82) is 0 Å². The molecule has 0 heterocycles. The average molecular weight is 441 g/mol. The fourth-order valence-electron chi connectivity index (χ4n) is 2.92. The van der Waals surface area contributed by atoms with Crippen LogP contribution in [0.15, 0.2) is 60.7 Å². The molecule has 3 rings (SSSR count). The van der Waals surface area contributed by atoms with Gasteiger partial charge in [-0.1, -0.05) is 48.0 Å². The number of nitro benzene ring substituents is 1. The summed E-state index contributed by atoms with van der Waals surface area (Å²) in [7, 11) is 0. The van der Waals surface area contributed by atoms with Crippen molar-refractivity contribution >= 4 is 28.9 Å². The maximum atomic E-state index is 12.8. The van der Waals surface area contributed by atoms with Crippen LogP contribution in [0.3, 0.4) is 0 Å². The van der Waals surface area contributed by atoms with Gasteiger partial charge in [-0.3, -0.25) is 14.9 Å². The first-order valence-corrected chi connectivity index (χ1v) is 9.96. The van der Waals surface area contributed by atoms with Crippen molar-refractivity contribution in [2.24, 2.45) is 0 Å². The van der Waals surface area contributed by atoms with E-state index in [2.05, 4.69) is 5.32 Å². The Hall–Kier alpha value is -3.58. The second-order valence-corrected chi connectivity index (χ2v) is 7.13. The molecule has 0 saturated heterocycles. The SMILES string of the molecule is CCOc1cc(C(=O)Nc2ccc(C)cc2[N+](=O)[O-])cc(Cl)c1OCc1ccccc1. The third-order valence-electron chi connectivity index (χ3n) is 4.40. The van der Waals surface area contributed by atoms with Crippen molar-refractivity contribution in [3.8, 4) is 11.5 Å². The minimum Gasteiger partial charge on any atom is -0.490 e. The van der Waals surface area contributed by atoms with Crippen LogP contribution in [-0.2, 0) is 6.61 Å². The summed E-state index contributed by atoms with van der Waals surface area (Å²) in [4.78, 5) is 23.6. The number of ether oxygens (including phenoxy) is 2. The highest BCUT2D eigenvalue weighted by molar-refractivity contribution is 6.32. The molecule has 7 nitrogen and oxygen atoms in total. The largest absolute Gasteiger partial charge is 0.490 e. The van der Waals surface area contributed by atoms with Gasteiger partial charge in [0.15, 0.2) is 11.5 Å². The number of halogens is 1. The van der Waals surface area contributed by atoms with Crippen LogP contribution < -0.4 is 14.8 Å². The van der Waals surface area contributed by atoms with Crippen LogP contribution in [-0.4, -0.2) is 17.4 Å². The zero-order chi connectivity index (χ0) is 22.4. The van der Waals surface area contributed by atoms with E-state index in [-0.39, 0.29) is 28.6 Å². The van der Waals surface area contributed by atoms with E-state index in [9.17, 15) is 14.9 Å². The summed E-state index contributed by atoms with van der Waals surface area (Å²) in [5.41, 5.74) is 1.77. The van der Waals surface area contributed by atoms with Gasteiger partial charge in [0.1, 0.15) is 12.3 Å². The van der Waals surface area contributed by atoms with Crippen LogP contribution in [0.4, 0.5) is 11.4 Å². The fourth-order valence-corrected chi connectivity index (χ4v) is 3.19. The number of hydrogen-bond acceptors (Lipinski definition) is 5. The normalized spacial score (nSPS) is 10.4. The molecule has 31 heavy (non-hydrogen) atoms. The molecule has 3 aromatic carbocycles. The van der Waals surface area contributed by atoms with Gasteiger partial charge in [0, 0.05) is 11.6 Å². The van der Waals surface area contributed by atoms with Gasteiger partial charge < -0.3 is 14.8 Å². The maximum Gasteiger partial charge on any atom is 0.293 e. The molecule has 0 aliphatic rings. The fraction of sp³-hybridized carbons (Fsp3) is 0.174. The van der Waals surface area contributed by atoms with Gasteiger partial charge in [0.25, 0.3) is 11.6 Å². The minimum atomic E-state index is -0.551. The number of rotatable bonds is 8. The molecule has 160 valence electrons. The van der Waals surface area contributed by atoms with Crippen LogP contribution in [0.25, 0.3) is 0 Å². The number of nitro groups is 1. The third-order valence-corrected chi connectivity index (χ3v) is 4.68. The smallest absolute Gasteiger partial charge is 0.293 e. The molecule has 0 aliphatic carbocycles. The second kappa shape index (κ2) is 9.95. The molecule has 0 radical (unpaired) electrons. The Morgan fingerprint density at radius 2 is 1.84 bits per heavy atom. The Balaban J connectivity index is 1.86. The number of nitrogens with zero attached hydrogens (tertiary/aromatic N) is 1. The summed E-state index contributed by atoms with van der Waals surface area (Å²) in [5.74, 6) is 0.0872. The lowest BCUT2D eigenvalue weighted by atomic mass is 10.1. The van der Waals surface area contributed by atoms with Gasteiger partial charge >= 0.3 is 0 Å². The van der Waals surface area contributed by atoms with E-state index >= 15 is 0 Å². The summed E-state index contributed by atoms with van der Waals surface area (Å²) in [6.45, 7) is 4.16. The highest BCUT2D eigenvalue weighted by Gasteiger charge is 2.20. The molecule has 0 saturated carbocycles. The van der Waals surface area contributed by atoms with Crippen molar-refractivity contribution in [1.82, 2.24) is 0 Å².